The highest BCUT2D eigenvalue weighted by atomic mass is 19.4. The summed E-state index contributed by atoms with van der Waals surface area (Å²) in [5, 5.41) is 22.1. The Kier molecular flexibility index (Phi) is 9.20. The maximum Gasteiger partial charge on any atom is 0.416 e. The van der Waals surface area contributed by atoms with Crippen LogP contribution in [0.4, 0.5) is 42.8 Å². The molecule has 4 rings (SSSR count). The zero-order valence-corrected chi connectivity index (χ0v) is 23.3. The van der Waals surface area contributed by atoms with Crippen LogP contribution < -0.4 is 15.0 Å². The summed E-state index contributed by atoms with van der Waals surface area (Å²) in [5.41, 5.74) is -2.50. The molecule has 3 aromatic rings. The van der Waals surface area contributed by atoms with Crippen molar-refractivity contribution in [2.45, 2.75) is 63.5 Å². The molecule has 16 heteroatoms. The molecule has 10 nitrogen and oxygen atoms in total. The van der Waals surface area contributed by atoms with Gasteiger partial charge in [0, 0.05) is 31.1 Å². The molecular formula is C28H27F6N5O5. The lowest BCUT2D eigenvalue weighted by molar-refractivity contribution is -0.143. The minimum atomic E-state index is -5.05. The molecule has 1 amide bonds. The molecule has 0 radical (unpaired) electrons. The second-order valence-corrected chi connectivity index (χ2v) is 10.1. The molecule has 0 spiro atoms. The summed E-state index contributed by atoms with van der Waals surface area (Å²) in [4.78, 5) is 37.5. The predicted octanol–water partition coefficient (Wildman–Crippen LogP) is 6.35. The van der Waals surface area contributed by atoms with Crippen LogP contribution in [0.25, 0.3) is 0 Å². The molecule has 0 saturated heterocycles. The lowest BCUT2D eigenvalue weighted by Gasteiger charge is -2.38. The van der Waals surface area contributed by atoms with E-state index in [1.807, 2.05) is 0 Å². The van der Waals surface area contributed by atoms with E-state index in [1.165, 1.54) is 24.3 Å². The van der Waals surface area contributed by atoms with E-state index >= 15 is 0 Å². The number of aliphatic carboxylic acids is 1. The number of ether oxygens (including phenoxy) is 1. The number of amides is 1. The number of nitrogens with zero attached hydrogens (tertiary/aromatic N) is 4. The van der Waals surface area contributed by atoms with Crippen molar-refractivity contribution in [2.75, 3.05) is 17.3 Å². The molecule has 0 unspecified atom stereocenters. The SMILES string of the molecule is CC[C@@H]1C[C@H](Nc2ncc(CCC(=O)O)c(Cc3cc(C(F)(F)F)cc(C(F)(F)F)c3)n2)c2nc(OC)ccc2N1C(=O)O. The standard InChI is InChI=1S/C28H27F6N5O5/c1-3-18-12-20(24-21(39(18)26(42)43)5-6-22(38-24)44-2)37-25-35-13-15(4-7-23(40)41)19(36-25)10-14-8-16(27(29,30)31)11-17(9-14)28(32,33)34/h5-6,8-9,11,13,18,20H,3-4,7,10,12H2,1-2H3,(H,40,41)(H,42,43)(H,35,36,37)/t18-,20+/m1/s1. The van der Waals surface area contributed by atoms with Crippen molar-refractivity contribution in [2.24, 2.45) is 0 Å². The number of benzene rings is 1. The van der Waals surface area contributed by atoms with Gasteiger partial charge in [-0.15, -0.1) is 0 Å². The minimum absolute atomic E-state index is 0.0186. The number of halogens is 6. The summed E-state index contributed by atoms with van der Waals surface area (Å²) in [6, 6.07) is 3.10. The number of aryl methyl sites for hydroxylation is 1. The number of carbonyl (C=O) groups is 2. The minimum Gasteiger partial charge on any atom is -0.481 e. The predicted molar refractivity (Wildman–Crippen MR) is 144 cm³/mol. The van der Waals surface area contributed by atoms with Gasteiger partial charge < -0.3 is 20.3 Å². The first-order chi connectivity index (χ1) is 20.6. The summed E-state index contributed by atoms with van der Waals surface area (Å²) in [6.07, 6.45) is -10.4. The molecule has 236 valence electrons. The van der Waals surface area contributed by atoms with Crippen LogP contribution in [-0.2, 0) is 30.0 Å². The highest BCUT2D eigenvalue weighted by Crippen LogP contribution is 2.40. The van der Waals surface area contributed by atoms with Crippen LogP contribution in [-0.4, -0.2) is 50.4 Å². The molecule has 0 fully saturated rings. The Bertz CT molecular complexity index is 1520. The maximum absolute atomic E-state index is 13.5. The first-order valence-electron chi connectivity index (χ1n) is 13.3. The summed E-state index contributed by atoms with van der Waals surface area (Å²) in [5.74, 6) is -1.04. The summed E-state index contributed by atoms with van der Waals surface area (Å²) in [7, 11) is 1.38. The molecule has 0 saturated carbocycles. The lowest BCUT2D eigenvalue weighted by Crippen LogP contribution is -2.45. The van der Waals surface area contributed by atoms with Crippen LogP contribution in [0.3, 0.4) is 0 Å². The fourth-order valence-corrected chi connectivity index (χ4v) is 5.03. The van der Waals surface area contributed by atoms with Gasteiger partial charge in [0.25, 0.3) is 0 Å². The number of anilines is 2. The summed E-state index contributed by atoms with van der Waals surface area (Å²) in [6.45, 7) is 1.80. The molecule has 2 aromatic heterocycles. The zero-order chi connectivity index (χ0) is 32.4. The van der Waals surface area contributed by atoms with E-state index in [0.29, 0.717) is 24.2 Å². The number of methoxy groups -OCH3 is 1. The molecule has 2 atom stereocenters. The van der Waals surface area contributed by atoms with E-state index in [0.717, 1.165) is 0 Å². The first kappa shape index (κ1) is 32.3. The zero-order valence-electron chi connectivity index (χ0n) is 23.3. The van der Waals surface area contributed by atoms with Crippen LogP contribution >= 0.6 is 0 Å². The normalized spacial score (nSPS) is 16.8. The van der Waals surface area contributed by atoms with Crippen molar-refractivity contribution in [3.8, 4) is 5.88 Å². The van der Waals surface area contributed by atoms with Gasteiger partial charge in [0.15, 0.2) is 0 Å². The van der Waals surface area contributed by atoms with Crippen molar-refractivity contribution in [3.05, 3.63) is 70.2 Å². The Morgan fingerprint density at radius 3 is 2.25 bits per heavy atom. The van der Waals surface area contributed by atoms with Crippen molar-refractivity contribution in [1.29, 1.82) is 0 Å². The van der Waals surface area contributed by atoms with E-state index in [4.69, 9.17) is 9.84 Å². The molecular weight excluding hydrogens is 600 g/mol. The Morgan fingerprint density at radius 2 is 1.70 bits per heavy atom. The van der Waals surface area contributed by atoms with E-state index in [-0.39, 0.29) is 59.7 Å². The molecule has 3 N–H and O–H groups in total. The number of nitrogens with one attached hydrogen (secondary N) is 1. The van der Waals surface area contributed by atoms with Gasteiger partial charge in [-0.25, -0.2) is 19.7 Å². The van der Waals surface area contributed by atoms with Crippen LogP contribution in [0.2, 0.25) is 0 Å². The molecule has 0 aliphatic carbocycles. The van der Waals surface area contributed by atoms with Gasteiger partial charge in [0.1, 0.15) is 0 Å². The van der Waals surface area contributed by atoms with Gasteiger partial charge in [0.2, 0.25) is 11.8 Å². The number of rotatable bonds is 9. The van der Waals surface area contributed by atoms with E-state index < -0.39 is 54.0 Å². The third-order valence-electron chi connectivity index (χ3n) is 7.11. The highest BCUT2D eigenvalue weighted by molar-refractivity contribution is 5.88. The number of carboxylic acid groups (broad SMARTS) is 2. The van der Waals surface area contributed by atoms with Crippen LogP contribution in [0.5, 0.6) is 5.88 Å². The molecule has 3 heterocycles. The van der Waals surface area contributed by atoms with Crippen molar-refractivity contribution >= 4 is 23.7 Å². The van der Waals surface area contributed by atoms with Crippen molar-refractivity contribution in [1.82, 2.24) is 15.0 Å². The smallest absolute Gasteiger partial charge is 0.416 e. The van der Waals surface area contributed by atoms with Gasteiger partial charge in [-0.3, -0.25) is 9.69 Å². The summed E-state index contributed by atoms with van der Waals surface area (Å²) < 4.78 is 86.1. The Hall–Kier alpha value is -4.63. The van der Waals surface area contributed by atoms with Crippen molar-refractivity contribution in [3.63, 3.8) is 0 Å². The second-order valence-electron chi connectivity index (χ2n) is 10.1. The number of pyridine rings is 1. The summed E-state index contributed by atoms with van der Waals surface area (Å²) >= 11 is 0. The molecule has 1 aromatic carbocycles. The average molecular weight is 628 g/mol. The third-order valence-corrected chi connectivity index (χ3v) is 7.11. The Balaban J connectivity index is 1.76. The van der Waals surface area contributed by atoms with Gasteiger partial charge in [-0.05, 0) is 54.7 Å². The van der Waals surface area contributed by atoms with E-state index in [1.54, 1.807) is 13.0 Å². The van der Waals surface area contributed by atoms with Gasteiger partial charge >= 0.3 is 24.4 Å². The number of alkyl halides is 6. The number of hydrogen-bond acceptors (Lipinski definition) is 7. The first-order valence-corrected chi connectivity index (χ1v) is 13.3. The fourth-order valence-electron chi connectivity index (χ4n) is 5.03. The van der Waals surface area contributed by atoms with E-state index in [9.17, 15) is 41.0 Å². The van der Waals surface area contributed by atoms with Gasteiger partial charge in [-0.2, -0.15) is 26.3 Å². The second kappa shape index (κ2) is 12.5. The number of fused-ring (bicyclic) bond motifs is 1. The van der Waals surface area contributed by atoms with Gasteiger partial charge in [0.05, 0.1) is 41.4 Å². The average Bonchev–Trinajstić information content (AvgIpc) is 2.94. The van der Waals surface area contributed by atoms with Crippen LogP contribution in [0, 0.1) is 0 Å². The van der Waals surface area contributed by atoms with Gasteiger partial charge in [-0.1, -0.05) is 6.92 Å². The molecule has 1 aliphatic heterocycles. The molecule has 0 bridgehead atoms. The third kappa shape index (κ3) is 7.29. The Morgan fingerprint density at radius 1 is 1.05 bits per heavy atom. The van der Waals surface area contributed by atoms with Crippen LogP contribution in [0.1, 0.15) is 65.9 Å². The van der Waals surface area contributed by atoms with Crippen LogP contribution in [0.15, 0.2) is 36.5 Å². The monoisotopic (exact) mass is 627 g/mol. The highest BCUT2D eigenvalue weighted by Gasteiger charge is 2.38. The number of hydrogen-bond donors (Lipinski definition) is 3. The molecule has 44 heavy (non-hydrogen) atoms. The topological polar surface area (TPSA) is 138 Å². The van der Waals surface area contributed by atoms with Crippen molar-refractivity contribution < 1.29 is 50.9 Å². The largest absolute Gasteiger partial charge is 0.481 e. The maximum atomic E-state index is 13.5. The molecule has 1 aliphatic rings. The van der Waals surface area contributed by atoms with E-state index in [2.05, 4.69) is 20.3 Å². The number of aromatic nitrogens is 3. The lowest BCUT2D eigenvalue weighted by atomic mass is 9.93. The fraction of sp³-hybridized carbons (Fsp3) is 0.393. The number of carboxylic acids is 1. The quantitative estimate of drug-likeness (QED) is 0.232. The Labute approximate surface area is 246 Å².